The van der Waals surface area contributed by atoms with Crippen LogP contribution in [0.4, 0.5) is 23.2 Å². The number of anilines is 1. The van der Waals surface area contributed by atoms with Gasteiger partial charge in [-0.1, -0.05) is 12.1 Å². The van der Waals surface area contributed by atoms with Gasteiger partial charge in [-0.25, -0.2) is 4.39 Å². The van der Waals surface area contributed by atoms with Crippen molar-refractivity contribution in [3.05, 3.63) is 54.3 Å². The van der Waals surface area contributed by atoms with E-state index in [0.717, 1.165) is 18.2 Å². The lowest BCUT2D eigenvalue weighted by Gasteiger charge is -2.14. The maximum absolute atomic E-state index is 12.7. The summed E-state index contributed by atoms with van der Waals surface area (Å²) >= 11 is 0. The van der Waals surface area contributed by atoms with Crippen LogP contribution in [0.5, 0.6) is 11.5 Å². The van der Waals surface area contributed by atoms with E-state index in [0.29, 0.717) is 0 Å². The average Bonchev–Trinajstić information content (AvgIpc) is 2.47. The summed E-state index contributed by atoms with van der Waals surface area (Å²) in [6.45, 7) is -0.452. The number of carbonyl (C=O) groups is 1. The van der Waals surface area contributed by atoms with E-state index in [1.54, 1.807) is 0 Å². The summed E-state index contributed by atoms with van der Waals surface area (Å²) in [5.41, 5.74) is -0.141. The minimum atomic E-state index is -4.87. The van der Waals surface area contributed by atoms with E-state index in [4.69, 9.17) is 4.74 Å². The Morgan fingerprint density at radius 1 is 1.04 bits per heavy atom. The Kier molecular flexibility index (Phi) is 5.05. The second-order valence-corrected chi connectivity index (χ2v) is 4.33. The number of hydrogen-bond donors (Lipinski definition) is 1. The third-order valence-corrected chi connectivity index (χ3v) is 2.57. The summed E-state index contributed by atoms with van der Waals surface area (Å²) in [7, 11) is 0. The zero-order valence-corrected chi connectivity index (χ0v) is 11.6. The van der Waals surface area contributed by atoms with E-state index in [1.165, 1.54) is 30.3 Å². The van der Waals surface area contributed by atoms with Crippen LogP contribution in [0.2, 0.25) is 0 Å². The number of para-hydroxylation sites is 2. The minimum absolute atomic E-state index is 0.141. The van der Waals surface area contributed by atoms with Crippen LogP contribution in [-0.4, -0.2) is 18.9 Å². The summed E-state index contributed by atoms with van der Waals surface area (Å²) in [4.78, 5) is 11.7. The molecule has 0 aliphatic rings. The number of hydrogen-bond acceptors (Lipinski definition) is 3. The summed E-state index contributed by atoms with van der Waals surface area (Å²) in [6, 6.07) is 10.1. The Hall–Kier alpha value is -2.77. The van der Waals surface area contributed by atoms with E-state index in [-0.39, 0.29) is 11.4 Å². The van der Waals surface area contributed by atoms with Gasteiger partial charge in [-0.15, -0.1) is 13.2 Å². The van der Waals surface area contributed by atoms with E-state index < -0.39 is 30.4 Å². The smallest absolute Gasteiger partial charge is 0.484 e. The SMILES string of the molecule is O=C(COc1ccc(F)cc1)Nc1ccccc1OC(F)(F)F. The molecule has 0 atom stereocenters. The van der Waals surface area contributed by atoms with Crippen LogP contribution in [0.15, 0.2) is 48.5 Å². The van der Waals surface area contributed by atoms with Crippen molar-refractivity contribution in [2.75, 3.05) is 11.9 Å². The number of carbonyl (C=O) groups excluding carboxylic acids is 1. The molecule has 0 bridgehead atoms. The number of benzene rings is 2. The van der Waals surface area contributed by atoms with Crippen LogP contribution < -0.4 is 14.8 Å². The first-order valence-electron chi connectivity index (χ1n) is 6.36. The molecule has 0 radical (unpaired) electrons. The summed E-state index contributed by atoms with van der Waals surface area (Å²) in [6.07, 6.45) is -4.87. The van der Waals surface area contributed by atoms with E-state index >= 15 is 0 Å². The molecule has 1 N–H and O–H groups in total. The van der Waals surface area contributed by atoms with Crippen molar-refractivity contribution in [3.63, 3.8) is 0 Å². The monoisotopic (exact) mass is 329 g/mol. The molecule has 8 heteroatoms. The van der Waals surface area contributed by atoms with Crippen LogP contribution in [-0.2, 0) is 4.79 Å². The quantitative estimate of drug-likeness (QED) is 0.850. The van der Waals surface area contributed by atoms with Crippen LogP contribution in [0.25, 0.3) is 0 Å². The Labute approximate surface area is 128 Å². The highest BCUT2D eigenvalue weighted by molar-refractivity contribution is 5.93. The molecule has 2 rings (SSSR count). The van der Waals surface area contributed by atoms with Crippen molar-refractivity contribution in [1.29, 1.82) is 0 Å². The Balaban J connectivity index is 1.96. The number of halogens is 4. The van der Waals surface area contributed by atoms with Gasteiger partial charge in [0, 0.05) is 0 Å². The third kappa shape index (κ3) is 5.50. The lowest BCUT2D eigenvalue weighted by molar-refractivity contribution is -0.274. The van der Waals surface area contributed by atoms with E-state index in [2.05, 4.69) is 10.1 Å². The maximum Gasteiger partial charge on any atom is 0.573 e. The lowest BCUT2D eigenvalue weighted by Crippen LogP contribution is -2.22. The number of ether oxygens (including phenoxy) is 2. The molecule has 0 unspecified atom stereocenters. The maximum atomic E-state index is 12.7. The van der Waals surface area contributed by atoms with Gasteiger partial charge >= 0.3 is 6.36 Å². The van der Waals surface area contributed by atoms with Gasteiger partial charge in [-0.2, -0.15) is 0 Å². The lowest BCUT2D eigenvalue weighted by atomic mass is 10.3. The van der Waals surface area contributed by atoms with Gasteiger partial charge in [0.15, 0.2) is 12.4 Å². The molecule has 0 fully saturated rings. The highest BCUT2D eigenvalue weighted by Gasteiger charge is 2.32. The Morgan fingerprint density at radius 3 is 2.35 bits per heavy atom. The fourth-order valence-corrected chi connectivity index (χ4v) is 1.65. The number of amides is 1. The molecule has 0 saturated carbocycles. The number of alkyl halides is 3. The predicted octanol–water partition coefficient (Wildman–Crippen LogP) is 3.74. The van der Waals surface area contributed by atoms with Gasteiger partial charge in [0.1, 0.15) is 11.6 Å². The zero-order valence-electron chi connectivity index (χ0n) is 11.6. The zero-order chi connectivity index (χ0) is 16.9. The second-order valence-electron chi connectivity index (χ2n) is 4.33. The van der Waals surface area contributed by atoms with Gasteiger partial charge in [0.05, 0.1) is 5.69 Å². The molecular formula is C15H11F4NO3. The first kappa shape index (κ1) is 16.6. The van der Waals surface area contributed by atoms with Crippen molar-refractivity contribution < 1.29 is 31.8 Å². The van der Waals surface area contributed by atoms with E-state index in [1.807, 2.05) is 0 Å². The molecule has 0 spiro atoms. The van der Waals surface area contributed by atoms with Crippen LogP contribution >= 0.6 is 0 Å². The summed E-state index contributed by atoms with van der Waals surface area (Å²) < 4.78 is 58.4. The van der Waals surface area contributed by atoms with Gasteiger partial charge in [-0.05, 0) is 36.4 Å². The van der Waals surface area contributed by atoms with Crippen LogP contribution in [0, 0.1) is 5.82 Å². The van der Waals surface area contributed by atoms with Crippen molar-refractivity contribution in [3.8, 4) is 11.5 Å². The molecule has 0 saturated heterocycles. The topological polar surface area (TPSA) is 47.6 Å². The van der Waals surface area contributed by atoms with Crippen molar-refractivity contribution >= 4 is 11.6 Å². The molecular weight excluding hydrogens is 318 g/mol. The van der Waals surface area contributed by atoms with Crippen LogP contribution in [0.3, 0.4) is 0 Å². The second kappa shape index (κ2) is 6.99. The summed E-state index contributed by atoms with van der Waals surface area (Å²) in [5, 5.41) is 2.25. The number of rotatable bonds is 5. The molecule has 2 aromatic carbocycles. The van der Waals surface area contributed by atoms with Gasteiger partial charge in [-0.3, -0.25) is 4.79 Å². The first-order chi connectivity index (χ1) is 10.8. The molecule has 23 heavy (non-hydrogen) atoms. The summed E-state index contributed by atoms with van der Waals surface area (Å²) in [5.74, 6) is -1.43. The minimum Gasteiger partial charge on any atom is -0.484 e. The predicted molar refractivity (Wildman–Crippen MR) is 73.6 cm³/mol. The number of nitrogens with one attached hydrogen (secondary N) is 1. The highest BCUT2D eigenvalue weighted by Crippen LogP contribution is 2.29. The van der Waals surface area contributed by atoms with Crippen molar-refractivity contribution in [2.45, 2.75) is 6.36 Å². The van der Waals surface area contributed by atoms with Crippen LogP contribution in [0.1, 0.15) is 0 Å². The molecule has 0 aliphatic carbocycles. The van der Waals surface area contributed by atoms with Crippen molar-refractivity contribution in [1.82, 2.24) is 0 Å². The molecule has 122 valence electrons. The molecule has 0 aliphatic heterocycles. The first-order valence-corrected chi connectivity index (χ1v) is 6.36. The largest absolute Gasteiger partial charge is 0.573 e. The average molecular weight is 329 g/mol. The molecule has 4 nitrogen and oxygen atoms in total. The molecule has 2 aromatic rings. The highest BCUT2D eigenvalue weighted by atomic mass is 19.4. The van der Waals surface area contributed by atoms with Gasteiger partial charge in [0.25, 0.3) is 5.91 Å². The standard InChI is InChI=1S/C15H11F4NO3/c16-10-5-7-11(8-6-10)22-9-14(21)20-12-3-1-2-4-13(12)23-15(17,18)19/h1-8H,9H2,(H,20,21). The van der Waals surface area contributed by atoms with Crippen molar-refractivity contribution in [2.24, 2.45) is 0 Å². The Morgan fingerprint density at radius 2 is 1.70 bits per heavy atom. The molecule has 1 amide bonds. The molecule has 0 heterocycles. The van der Waals surface area contributed by atoms with E-state index in [9.17, 15) is 22.4 Å². The normalized spacial score (nSPS) is 11.0. The Bertz CT molecular complexity index is 671. The third-order valence-electron chi connectivity index (χ3n) is 2.57. The molecule has 0 aromatic heterocycles. The fourth-order valence-electron chi connectivity index (χ4n) is 1.65. The van der Waals surface area contributed by atoms with Gasteiger partial charge < -0.3 is 14.8 Å². The van der Waals surface area contributed by atoms with Gasteiger partial charge in [0.2, 0.25) is 0 Å². The fraction of sp³-hybridized carbons (Fsp3) is 0.133.